The van der Waals surface area contributed by atoms with E-state index in [9.17, 15) is 0 Å². The Morgan fingerprint density at radius 1 is 1.47 bits per heavy atom. The highest BCUT2D eigenvalue weighted by Gasteiger charge is 2.04. The summed E-state index contributed by atoms with van der Waals surface area (Å²) in [6.45, 7) is 2.00. The molecule has 2 rings (SSSR count). The lowest BCUT2D eigenvalue weighted by Gasteiger charge is -2.00. The van der Waals surface area contributed by atoms with Crippen molar-refractivity contribution in [1.82, 2.24) is 9.78 Å². The van der Waals surface area contributed by atoms with Crippen LogP contribution in [0.5, 0.6) is 0 Å². The van der Waals surface area contributed by atoms with Crippen LogP contribution in [0.15, 0.2) is 30.5 Å². The zero-order valence-corrected chi connectivity index (χ0v) is 10.6. The minimum absolute atomic E-state index is 0.723. The maximum atomic E-state index is 5.92. The summed E-state index contributed by atoms with van der Waals surface area (Å²) < 4.78 is 1.85. The zero-order chi connectivity index (χ0) is 10.8. The number of benzene rings is 1. The van der Waals surface area contributed by atoms with Crippen molar-refractivity contribution in [2.45, 2.75) is 12.3 Å². The van der Waals surface area contributed by atoms with Gasteiger partial charge in [-0.05, 0) is 25.1 Å². The Kier molecular flexibility index (Phi) is 3.12. The highest BCUT2D eigenvalue weighted by molar-refractivity contribution is 9.08. The third-order valence-electron chi connectivity index (χ3n) is 2.22. The van der Waals surface area contributed by atoms with Gasteiger partial charge >= 0.3 is 0 Å². The van der Waals surface area contributed by atoms with Gasteiger partial charge in [0, 0.05) is 22.1 Å². The number of hydrogen-bond acceptors (Lipinski definition) is 1. The third kappa shape index (κ3) is 2.24. The van der Waals surface area contributed by atoms with Crippen LogP contribution in [0, 0.1) is 6.92 Å². The van der Waals surface area contributed by atoms with Crippen molar-refractivity contribution in [3.8, 4) is 5.69 Å². The highest BCUT2D eigenvalue weighted by atomic mass is 79.9. The molecule has 0 aliphatic heterocycles. The molecule has 0 N–H and O–H groups in total. The predicted molar refractivity (Wildman–Crippen MR) is 65.9 cm³/mol. The van der Waals surface area contributed by atoms with E-state index in [1.807, 2.05) is 42.1 Å². The number of aryl methyl sites for hydroxylation is 1. The second-order valence-corrected chi connectivity index (χ2v) is 4.29. The minimum atomic E-state index is 0.723. The van der Waals surface area contributed by atoms with Gasteiger partial charge in [0.05, 0.1) is 11.4 Å². The fourth-order valence-corrected chi connectivity index (χ4v) is 2.11. The average Bonchev–Trinajstić information content (AvgIpc) is 2.60. The largest absolute Gasteiger partial charge is 0.240 e. The first-order valence-electron chi connectivity index (χ1n) is 4.58. The lowest BCUT2D eigenvalue weighted by atomic mass is 10.3. The molecule has 0 aliphatic rings. The molecule has 15 heavy (non-hydrogen) atoms. The second-order valence-electron chi connectivity index (χ2n) is 3.30. The van der Waals surface area contributed by atoms with E-state index in [0.29, 0.717) is 0 Å². The molecule has 2 nitrogen and oxygen atoms in total. The van der Waals surface area contributed by atoms with E-state index < -0.39 is 0 Å². The fourth-order valence-electron chi connectivity index (χ4n) is 1.38. The number of hydrogen-bond donors (Lipinski definition) is 0. The highest BCUT2D eigenvalue weighted by Crippen LogP contribution is 2.17. The van der Waals surface area contributed by atoms with Gasteiger partial charge in [0.1, 0.15) is 0 Å². The van der Waals surface area contributed by atoms with Crippen LogP contribution < -0.4 is 0 Å². The summed E-state index contributed by atoms with van der Waals surface area (Å²) in [6.07, 6.45) is 2.01. The van der Waals surface area contributed by atoms with Crippen molar-refractivity contribution in [3.05, 3.63) is 46.7 Å². The Balaban J connectivity index is 2.45. The summed E-state index contributed by atoms with van der Waals surface area (Å²) in [6, 6.07) is 7.65. The molecule has 0 unspecified atom stereocenters. The minimum Gasteiger partial charge on any atom is -0.240 e. The summed E-state index contributed by atoms with van der Waals surface area (Å²) in [5.74, 6) is 0. The smallest absolute Gasteiger partial charge is 0.0660 e. The lowest BCUT2D eigenvalue weighted by Crippen LogP contribution is -1.94. The first-order valence-corrected chi connectivity index (χ1v) is 6.07. The van der Waals surface area contributed by atoms with Gasteiger partial charge in [-0.2, -0.15) is 5.10 Å². The molecule has 0 radical (unpaired) electrons. The number of aromatic nitrogens is 2. The van der Waals surface area contributed by atoms with E-state index in [-0.39, 0.29) is 0 Å². The molecule has 0 saturated carbocycles. The van der Waals surface area contributed by atoms with Gasteiger partial charge in [0.2, 0.25) is 0 Å². The third-order valence-corrected chi connectivity index (χ3v) is 3.06. The molecule has 0 spiro atoms. The fraction of sp³-hybridized carbons (Fsp3) is 0.182. The number of rotatable bonds is 2. The SMILES string of the molecule is Cc1nn(-c2cccc(Cl)c2)cc1CBr. The van der Waals surface area contributed by atoms with Crippen molar-refractivity contribution >= 4 is 27.5 Å². The van der Waals surface area contributed by atoms with Gasteiger partial charge < -0.3 is 0 Å². The topological polar surface area (TPSA) is 17.8 Å². The van der Waals surface area contributed by atoms with Crippen LogP contribution >= 0.6 is 27.5 Å². The maximum Gasteiger partial charge on any atom is 0.0660 e. The molecule has 1 heterocycles. The Morgan fingerprint density at radius 3 is 2.87 bits per heavy atom. The van der Waals surface area contributed by atoms with Gasteiger partial charge in [0.25, 0.3) is 0 Å². The maximum absolute atomic E-state index is 5.92. The monoisotopic (exact) mass is 284 g/mol. The van der Waals surface area contributed by atoms with Crippen molar-refractivity contribution < 1.29 is 0 Å². The molecular formula is C11H10BrClN2. The molecule has 2 aromatic rings. The predicted octanol–water partition coefficient (Wildman–Crippen LogP) is 3.73. The van der Waals surface area contributed by atoms with Crippen LogP contribution in [0.2, 0.25) is 5.02 Å². The van der Waals surface area contributed by atoms with Crippen LogP contribution in [-0.2, 0) is 5.33 Å². The van der Waals surface area contributed by atoms with Gasteiger partial charge in [-0.15, -0.1) is 0 Å². The molecule has 0 aliphatic carbocycles. The Bertz CT molecular complexity index is 479. The normalized spacial score (nSPS) is 10.6. The molecular weight excluding hydrogens is 275 g/mol. The van der Waals surface area contributed by atoms with E-state index in [1.54, 1.807) is 0 Å². The number of nitrogens with zero attached hydrogens (tertiary/aromatic N) is 2. The average molecular weight is 286 g/mol. The summed E-state index contributed by atoms with van der Waals surface area (Å²) in [7, 11) is 0. The van der Waals surface area contributed by atoms with E-state index in [2.05, 4.69) is 21.0 Å². The van der Waals surface area contributed by atoms with Gasteiger partial charge in [-0.25, -0.2) is 4.68 Å². The van der Waals surface area contributed by atoms with Crippen molar-refractivity contribution in [3.63, 3.8) is 0 Å². The van der Waals surface area contributed by atoms with E-state index in [0.717, 1.165) is 21.7 Å². The van der Waals surface area contributed by atoms with Crippen LogP contribution in [0.25, 0.3) is 5.69 Å². The molecule has 78 valence electrons. The van der Waals surface area contributed by atoms with Crippen LogP contribution in [0.3, 0.4) is 0 Å². The second kappa shape index (κ2) is 4.37. The molecule has 1 aromatic heterocycles. The molecule has 0 fully saturated rings. The van der Waals surface area contributed by atoms with E-state index in [4.69, 9.17) is 11.6 Å². The Labute approximate surface area is 102 Å². The van der Waals surface area contributed by atoms with Crippen molar-refractivity contribution in [2.75, 3.05) is 0 Å². The first-order chi connectivity index (χ1) is 7.20. The van der Waals surface area contributed by atoms with Gasteiger partial charge in [0.15, 0.2) is 0 Å². The molecule has 0 atom stereocenters. The summed E-state index contributed by atoms with van der Waals surface area (Å²) in [4.78, 5) is 0. The zero-order valence-electron chi connectivity index (χ0n) is 8.24. The number of halogens is 2. The first kappa shape index (κ1) is 10.7. The Morgan fingerprint density at radius 2 is 2.27 bits per heavy atom. The van der Waals surface area contributed by atoms with Gasteiger partial charge in [-0.3, -0.25) is 0 Å². The lowest BCUT2D eigenvalue weighted by molar-refractivity contribution is 0.863. The van der Waals surface area contributed by atoms with E-state index in [1.165, 1.54) is 5.56 Å². The van der Waals surface area contributed by atoms with Crippen LogP contribution in [0.1, 0.15) is 11.3 Å². The standard InChI is InChI=1S/C11H10BrClN2/c1-8-9(6-12)7-15(14-8)11-4-2-3-10(13)5-11/h2-5,7H,6H2,1H3. The van der Waals surface area contributed by atoms with E-state index >= 15 is 0 Å². The quantitative estimate of drug-likeness (QED) is 0.769. The van der Waals surface area contributed by atoms with Crippen LogP contribution in [0.4, 0.5) is 0 Å². The van der Waals surface area contributed by atoms with Gasteiger partial charge in [-0.1, -0.05) is 33.6 Å². The molecule has 0 bridgehead atoms. The molecule has 0 saturated heterocycles. The summed E-state index contributed by atoms with van der Waals surface area (Å²) in [5, 5.41) is 5.96. The summed E-state index contributed by atoms with van der Waals surface area (Å²) >= 11 is 9.35. The Hall–Kier alpha value is -0.800. The molecule has 1 aromatic carbocycles. The molecule has 0 amide bonds. The van der Waals surface area contributed by atoms with Crippen molar-refractivity contribution in [1.29, 1.82) is 0 Å². The van der Waals surface area contributed by atoms with Crippen LogP contribution in [-0.4, -0.2) is 9.78 Å². The van der Waals surface area contributed by atoms with Crippen molar-refractivity contribution in [2.24, 2.45) is 0 Å². The molecule has 4 heteroatoms. The summed E-state index contributed by atoms with van der Waals surface area (Å²) in [5.41, 5.74) is 3.21. The number of alkyl halides is 1.